The molecule has 0 saturated carbocycles. The fraction of sp³-hybridized carbons (Fsp3) is 0.321. The third-order valence-corrected chi connectivity index (χ3v) is 7.66. The van der Waals surface area contributed by atoms with Crippen molar-refractivity contribution in [1.29, 1.82) is 0 Å². The fourth-order valence-electron chi connectivity index (χ4n) is 4.36. The fourth-order valence-corrected chi connectivity index (χ4v) is 6.08. The van der Waals surface area contributed by atoms with Gasteiger partial charge in [-0.15, -0.1) is 0 Å². The number of thiazole rings is 1. The van der Waals surface area contributed by atoms with Crippen molar-refractivity contribution in [2.75, 3.05) is 20.8 Å². The van der Waals surface area contributed by atoms with E-state index >= 15 is 0 Å². The number of ether oxygens (including phenoxy) is 4. The number of esters is 1. The van der Waals surface area contributed by atoms with Crippen molar-refractivity contribution in [3.05, 3.63) is 81.9 Å². The van der Waals surface area contributed by atoms with Gasteiger partial charge in [0.05, 0.1) is 47.8 Å². The van der Waals surface area contributed by atoms with Crippen LogP contribution in [0.3, 0.4) is 0 Å². The Hall–Kier alpha value is -3.08. The van der Waals surface area contributed by atoms with Gasteiger partial charge in [-0.25, -0.2) is 9.79 Å². The maximum Gasteiger partial charge on any atom is 0.338 e. The molecule has 11 heteroatoms. The molecular formula is C28H28BrClN2O6S. The molecule has 1 aliphatic heterocycles. The maximum absolute atomic E-state index is 14.0. The SMILES string of the molecule is CCOc1cc(/C=c2\sc3n(c2=O)[C@H](c2cc(Br)ccc2OC)C(C(=O)OC(C)C)=C(C)N=3)cc(Cl)c1OC. The summed E-state index contributed by atoms with van der Waals surface area (Å²) in [6, 6.07) is 8.09. The molecule has 0 fully saturated rings. The zero-order valence-electron chi connectivity index (χ0n) is 22.3. The third kappa shape index (κ3) is 5.78. The molecule has 1 aliphatic rings. The molecule has 39 heavy (non-hydrogen) atoms. The summed E-state index contributed by atoms with van der Waals surface area (Å²) in [4.78, 5) is 32.4. The second-order valence-electron chi connectivity index (χ2n) is 8.89. The summed E-state index contributed by atoms with van der Waals surface area (Å²) >= 11 is 11.2. The minimum atomic E-state index is -0.819. The van der Waals surface area contributed by atoms with E-state index in [0.29, 0.717) is 55.0 Å². The van der Waals surface area contributed by atoms with Crippen LogP contribution in [0.2, 0.25) is 5.02 Å². The highest BCUT2D eigenvalue weighted by Crippen LogP contribution is 2.38. The van der Waals surface area contributed by atoms with Crippen LogP contribution in [-0.4, -0.2) is 37.5 Å². The summed E-state index contributed by atoms with van der Waals surface area (Å²) < 4.78 is 25.0. The molecule has 0 saturated heterocycles. The van der Waals surface area contributed by atoms with E-state index in [2.05, 4.69) is 20.9 Å². The number of carbonyl (C=O) groups excluding carboxylic acids is 1. The number of benzene rings is 2. The average Bonchev–Trinajstić information content (AvgIpc) is 3.17. The summed E-state index contributed by atoms with van der Waals surface area (Å²) in [5.74, 6) is 0.863. The molecule has 8 nitrogen and oxygen atoms in total. The molecule has 2 heterocycles. The number of hydrogen-bond donors (Lipinski definition) is 0. The molecule has 1 aromatic heterocycles. The van der Waals surface area contributed by atoms with Crippen molar-refractivity contribution in [3.63, 3.8) is 0 Å². The Morgan fingerprint density at radius 1 is 1.21 bits per heavy atom. The summed E-state index contributed by atoms with van der Waals surface area (Å²) in [5, 5.41) is 0.355. The molecular weight excluding hydrogens is 608 g/mol. The molecule has 0 N–H and O–H groups in total. The first-order chi connectivity index (χ1) is 18.6. The lowest BCUT2D eigenvalue weighted by Gasteiger charge is -2.26. The first-order valence-electron chi connectivity index (χ1n) is 12.2. The van der Waals surface area contributed by atoms with Crippen LogP contribution in [0.1, 0.15) is 44.9 Å². The van der Waals surface area contributed by atoms with E-state index in [1.165, 1.54) is 23.0 Å². The number of nitrogens with zero attached hydrogens (tertiary/aromatic N) is 2. The molecule has 2 aromatic carbocycles. The van der Waals surface area contributed by atoms with Crippen LogP contribution in [-0.2, 0) is 9.53 Å². The second kappa shape index (κ2) is 12.0. The van der Waals surface area contributed by atoms with E-state index in [1.807, 2.05) is 19.1 Å². The highest BCUT2D eigenvalue weighted by molar-refractivity contribution is 9.10. The van der Waals surface area contributed by atoms with E-state index < -0.39 is 12.0 Å². The van der Waals surface area contributed by atoms with Crippen molar-refractivity contribution < 1.29 is 23.7 Å². The lowest BCUT2D eigenvalue weighted by molar-refractivity contribution is -0.143. The Morgan fingerprint density at radius 3 is 2.59 bits per heavy atom. The summed E-state index contributed by atoms with van der Waals surface area (Å²) in [6.45, 7) is 7.56. The first-order valence-corrected chi connectivity index (χ1v) is 14.2. The van der Waals surface area contributed by atoms with Gasteiger partial charge in [-0.3, -0.25) is 9.36 Å². The van der Waals surface area contributed by atoms with E-state index in [4.69, 9.17) is 30.5 Å². The molecule has 206 valence electrons. The van der Waals surface area contributed by atoms with E-state index in [9.17, 15) is 9.59 Å². The number of aromatic nitrogens is 1. The monoisotopic (exact) mass is 634 g/mol. The maximum atomic E-state index is 14.0. The number of methoxy groups -OCH3 is 2. The van der Waals surface area contributed by atoms with Gasteiger partial charge in [-0.1, -0.05) is 38.9 Å². The predicted molar refractivity (Wildman–Crippen MR) is 155 cm³/mol. The van der Waals surface area contributed by atoms with Crippen molar-refractivity contribution in [2.24, 2.45) is 4.99 Å². The second-order valence-corrected chi connectivity index (χ2v) is 11.2. The number of rotatable bonds is 8. The van der Waals surface area contributed by atoms with Crippen LogP contribution in [0.5, 0.6) is 17.2 Å². The minimum absolute atomic E-state index is 0.269. The van der Waals surface area contributed by atoms with Crippen LogP contribution in [0.4, 0.5) is 0 Å². The molecule has 4 rings (SSSR count). The highest BCUT2D eigenvalue weighted by Gasteiger charge is 2.35. The standard InChI is InChI=1S/C28H28BrClN2O6S/c1-7-37-21-11-16(10-19(30)25(21)36-6)12-22-26(33)32-24(18-13-17(29)8-9-20(18)35-5)23(27(34)38-14(2)3)15(4)31-28(32)39-22/h8-14,24H,7H2,1-6H3/b22-12-/t24-/m1/s1. The zero-order chi connectivity index (χ0) is 28.4. The number of carbonyl (C=O) groups is 1. The van der Waals surface area contributed by atoms with Gasteiger partial charge in [-0.2, -0.15) is 0 Å². The van der Waals surface area contributed by atoms with Crippen LogP contribution in [0, 0.1) is 0 Å². The Bertz CT molecular complexity index is 1640. The van der Waals surface area contributed by atoms with E-state index in [1.54, 1.807) is 52.2 Å². The quantitative estimate of drug-likeness (QED) is 0.323. The summed E-state index contributed by atoms with van der Waals surface area (Å²) in [6.07, 6.45) is 1.37. The number of fused-ring (bicyclic) bond motifs is 1. The molecule has 3 aromatic rings. The largest absolute Gasteiger partial charge is 0.496 e. The van der Waals surface area contributed by atoms with Gasteiger partial charge in [0.1, 0.15) is 11.8 Å². The van der Waals surface area contributed by atoms with Crippen LogP contribution in [0.15, 0.2) is 55.9 Å². The number of halogens is 2. The minimum Gasteiger partial charge on any atom is -0.496 e. The van der Waals surface area contributed by atoms with Gasteiger partial charge < -0.3 is 18.9 Å². The Labute approximate surface area is 243 Å². The number of hydrogen-bond acceptors (Lipinski definition) is 8. The van der Waals surface area contributed by atoms with Crippen molar-refractivity contribution in [1.82, 2.24) is 4.57 Å². The lowest BCUT2D eigenvalue weighted by Crippen LogP contribution is -2.40. The van der Waals surface area contributed by atoms with Crippen molar-refractivity contribution in [3.8, 4) is 17.2 Å². The summed E-state index contributed by atoms with van der Waals surface area (Å²) in [5.41, 5.74) is 1.69. The van der Waals surface area contributed by atoms with E-state index in [-0.39, 0.29) is 17.2 Å². The molecule has 0 radical (unpaired) electrons. The van der Waals surface area contributed by atoms with Crippen molar-refractivity contribution >= 4 is 50.9 Å². The van der Waals surface area contributed by atoms with Gasteiger partial charge in [0.2, 0.25) is 0 Å². The Balaban J connectivity index is 1.98. The molecule has 0 aliphatic carbocycles. The zero-order valence-corrected chi connectivity index (χ0v) is 25.5. The lowest BCUT2D eigenvalue weighted by atomic mass is 9.95. The van der Waals surface area contributed by atoms with Gasteiger partial charge in [0.25, 0.3) is 5.56 Å². The molecule has 0 unspecified atom stereocenters. The normalized spacial score (nSPS) is 15.2. The van der Waals surface area contributed by atoms with Gasteiger partial charge in [-0.05, 0) is 69.7 Å². The Morgan fingerprint density at radius 2 is 1.95 bits per heavy atom. The smallest absolute Gasteiger partial charge is 0.338 e. The topological polar surface area (TPSA) is 88.4 Å². The van der Waals surface area contributed by atoms with Crippen LogP contribution >= 0.6 is 38.9 Å². The summed E-state index contributed by atoms with van der Waals surface area (Å²) in [7, 11) is 3.06. The Kier molecular flexibility index (Phi) is 8.88. The molecule has 0 amide bonds. The van der Waals surface area contributed by atoms with Gasteiger partial charge in [0.15, 0.2) is 16.3 Å². The average molecular weight is 636 g/mol. The highest BCUT2D eigenvalue weighted by atomic mass is 79.9. The number of allylic oxidation sites excluding steroid dienone is 1. The van der Waals surface area contributed by atoms with Crippen molar-refractivity contribution in [2.45, 2.75) is 39.8 Å². The molecule has 1 atom stereocenters. The van der Waals surface area contributed by atoms with Crippen LogP contribution < -0.4 is 29.1 Å². The van der Waals surface area contributed by atoms with Gasteiger partial charge >= 0.3 is 5.97 Å². The van der Waals surface area contributed by atoms with E-state index in [0.717, 1.165) is 4.47 Å². The van der Waals surface area contributed by atoms with Gasteiger partial charge in [0, 0.05) is 10.0 Å². The third-order valence-electron chi connectivity index (χ3n) is 5.90. The van der Waals surface area contributed by atoms with Crippen LogP contribution in [0.25, 0.3) is 6.08 Å². The molecule has 0 bridgehead atoms. The predicted octanol–water partition coefficient (Wildman–Crippen LogP) is 5.02. The first kappa shape index (κ1) is 28.9. The molecule has 0 spiro atoms.